The topological polar surface area (TPSA) is 83.3 Å². The van der Waals surface area contributed by atoms with E-state index in [1.165, 1.54) is 39.9 Å². The molecule has 2 bridgehead atoms. The number of rotatable bonds is 8. The van der Waals surface area contributed by atoms with Gasteiger partial charge < -0.3 is 29.6 Å². The van der Waals surface area contributed by atoms with Crippen molar-refractivity contribution < 1.29 is 23.7 Å². The van der Waals surface area contributed by atoms with E-state index in [0.717, 1.165) is 25.1 Å². The highest BCUT2D eigenvalue weighted by Crippen LogP contribution is 2.48. The highest BCUT2D eigenvalue weighted by molar-refractivity contribution is 5.99. The molecule has 2 aromatic carbocycles. The van der Waals surface area contributed by atoms with Crippen molar-refractivity contribution in [1.82, 2.24) is 4.90 Å². The fraction of sp³-hybridized carbons (Fsp3) is 0.500. The van der Waals surface area contributed by atoms with Gasteiger partial charge in [0.05, 0.1) is 26.9 Å². The second-order valence-electron chi connectivity index (χ2n) is 8.92. The Kier molecular flexibility index (Phi) is 7.28. The molecule has 7 nitrogen and oxygen atoms in total. The average molecular weight is 455 g/mol. The van der Waals surface area contributed by atoms with Crippen molar-refractivity contribution in [2.24, 2.45) is 17.6 Å². The van der Waals surface area contributed by atoms with E-state index in [2.05, 4.69) is 0 Å². The maximum atomic E-state index is 13.7. The van der Waals surface area contributed by atoms with E-state index in [9.17, 15) is 4.79 Å². The van der Waals surface area contributed by atoms with E-state index in [1.54, 1.807) is 13.2 Å². The molecule has 33 heavy (non-hydrogen) atoms. The Bertz CT molecular complexity index is 964. The Morgan fingerprint density at radius 1 is 0.970 bits per heavy atom. The van der Waals surface area contributed by atoms with Crippen molar-refractivity contribution in [3.63, 3.8) is 0 Å². The first-order valence-electron chi connectivity index (χ1n) is 11.7. The maximum absolute atomic E-state index is 13.7. The van der Waals surface area contributed by atoms with Gasteiger partial charge in [-0.3, -0.25) is 4.79 Å². The van der Waals surface area contributed by atoms with Crippen LogP contribution in [0.5, 0.6) is 28.7 Å². The van der Waals surface area contributed by atoms with Crippen molar-refractivity contribution in [3.8, 4) is 28.7 Å². The monoisotopic (exact) mass is 454 g/mol. The molecule has 2 N–H and O–H groups in total. The molecule has 2 aromatic rings. The second kappa shape index (κ2) is 10.3. The summed E-state index contributed by atoms with van der Waals surface area (Å²) in [6, 6.07) is 9.44. The van der Waals surface area contributed by atoms with Crippen molar-refractivity contribution >= 4 is 5.91 Å². The van der Waals surface area contributed by atoms with Gasteiger partial charge in [-0.25, -0.2) is 0 Å². The van der Waals surface area contributed by atoms with Gasteiger partial charge in [-0.2, -0.15) is 0 Å². The standard InChI is InChI=1S/C26H34N2O5/c1-30-23-21(26(29)28-15-18-5-4-6-19(13-18)16-28)14-22(24(31-2)25(23)32-3)33-20-9-7-17(8-10-20)11-12-27/h7-10,14,18-19H,4-6,11-13,15-16,27H2,1-3H3/t18-,19-/m1/s1. The number of methoxy groups -OCH3 is 3. The van der Waals surface area contributed by atoms with Crippen molar-refractivity contribution in [3.05, 3.63) is 41.5 Å². The minimum atomic E-state index is -0.0625. The minimum Gasteiger partial charge on any atom is -0.492 e. The molecule has 2 aliphatic rings. The molecule has 1 aliphatic carbocycles. The summed E-state index contributed by atoms with van der Waals surface area (Å²) in [6.45, 7) is 2.16. The predicted octanol–water partition coefficient (Wildman–Crippen LogP) is 4.27. The van der Waals surface area contributed by atoms with Gasteiger partial charge in [-0.1, -0.05) is 18.6 Å². The molecule has 1 heterocycles. The predicted molar refractivity (Wildman–Crippen MR) is 127 cm³/mol. The van der Waals surface area contributed by atoms with Gasteiger partial charge in [0.25, 0.3) is 5.91 Å². The number of piperidine rings is 1. The highest BCUT2D eigenvalue weighted by Gasteiger charge is 2.35. The van der Waals surface area contributed by atoms with Crippen LogP contribution in [0, 0.1) is 11.8 Å². The molecule has 4 rings (SSSR count). The van der Waals surface area contributed by atoms with Gasteiger partial charge in [0, 0.05) is 19.2 Å². The minimum absolute atomic E-state index is 0.0625. The number of amides is 1. The van der Waals surface area contributed by atoms with E-state index < -0.39 is 0 Å². The van der Waals surface area contributed by atoms with E-state index in [4.69, 9.17) is 24.7 Å². The molecule has 2 atom stereocenters. The number of carbonyl (C=O) groups is 1. The van der Waals surface area contributed by atoms with Crippen LogP contribution in [0.3, 0.4) is 0 Å². The lowest BCUT2D eigenvalue weighted by molar-refractivity contribution is 0.0500. The van der Waals surface area contributed by atoms with Crippen LogP contribution in [0.4, 0.5) is 0 Å². The molecule has 1 amide bonds. The number of nitrogens with two attached hydrogens (primary N) is 1. The zero-order chi connectivity index (χ0) is 23.4. The second-order valence-corrected chi connectivity index (χ2v) is 8.92. The molecule has 2 fully saturated rings. The SMILES string of the molecule is COc1c(Oc2ccc(CCN)cc2)cc(C(=O)N2C[C@@H]3CCC[C@H](C3)C2)c(OC)c1OC. The molecule has 0 spiro atoms. The van der Waals surface area contributed by atoms with Gasteiger partial charge in [-0.15, -0.1) is 0 Å². The lowest BCUT2D eigenvalue weighted by atomic mass is 9.78. The number of hydrogen-bond acceptors (Lipinski definition) is 6. The normalized spacial score (nSPS) is 19.7. The lowest BCUT2D eigenvalue weighted by Gasteiger charge is -2.41. The molecule has 178 valence electrons. The molecule has 0 unspecified atom stereocenters. The first-order chi connectivity index (χ1) is 16.1. The third kappa shape index (κ3) is 4.88. The fourth-order valence-corrected chi connectivity index (χ4v) is 5.20. The van der Waals surface area contributed by atoms with E-state index >= 15 is 0 Å². The average Bonchev–Trinajstić information content (AvgIpc) is 2.83. The third-order valence-corrected chi connectivity index (χ3v) is 6.72. The number of carbonyl (C=O) groups excluding carboxylic acids is 1. The van der Waals surface area contributed by atoms with E-state index in [0.29, 0.717) is 52.7 Å². The van der Waals surface area contributed by atoms with Gasteiger partial charge in [0.2, 0.25) is 11.5 Å². The number of nitrogens with zero attached hydrogens (tertiary/aromatic N) is 1. The summed E-state index contributed by atoms with van der Waals surface area (Å²) in [4.78, 5) is 15.6. The Morgan fingerprint density at radius 3 is 2.18 bits per heavy atom. The molecule has 0 radical (unpaired) electrons. The Balaban J connectivity index is 1.69. The van der Waals surface area contributed by atoms with Crippen LogP contribution in [0.1, 0.15) is 41.6 Å². The Morgan fingerprint density at radius 2 is 1.61 bits per heavy atom. The number of benzene rings is 2. The number of fused-ring (bicyclic) bond motifs is 2. The number of hydrogen-bond donors (Lipinski definition) is 1. The third-order valence-electron chi connectivity index (χ3n) is 6.72. The van der Waals surface area contributed by atoms with Crippen LogP contribution in [0.2, 0.25) is 0 Å². The molecular weight excluding hydrogens is 420 g/mol. The van der Waals surface area contributed by atoms with E-state index in [-0.39, 0.29) is 5.91 Å². The van der Waals surface area contributed by atoms with Crippen LogP contribution in [-0.2, 0) is 6.42 Å². The van der Waals surface area contributed by atoms with E-state index in [1.807, 2.05) is 29.2 Å². The van der Waals surface area contributed by atoms with Crippen LogP contribution in [0.25, 0.3) is 0 Å². The van der Waals surface area contributed by atoms with Crippen LogP contribution in [0.15, 0.2) is 30.3 Å². The summed E-state index contributed by atoms with van der Waals surface area (Å²) in [5.74, 6) is 3.22. The molecule has 1 saturated carbocycles. The highest BCUT2D eigenvalue weighted by atomic mass is 16.5. The summed E-state index contributed by atoms with van der Waals surface area (Å²) in [5, 5.41) is 0. The molecule has 1 saturated heterocycles. The van der Waals surface area contributed by atoms with Crippen LogP contribution >= 0.6 is 0 Å². The van der Waals surface area contributed by atoms with Gasteiger partial charge >= 0.3 is 0 Å². The number of ether oxygens (including phenoxy) is 4. The summed E-state index contributed by atoms with van der Waals surface area (Å²) >= 11 is 0. The van der Waals surface area contributed by atoms with Crippen LogP contribution < -0.4 is 24.7 Å². The van der Waals surface area contributed by atoms with Crippen molar-refractivity contribution in [2.75, 3.05) is 41.0 Å². The quantitative estimate of drug-likeness (QED) is 0.641. The molecule has 1 aliphatic heterocycles. The zero-order valence-corrected chi connectivity index (χ0v) is 19.8. The smallest absolute Gasteiger partial charge is 0.257 e. The van der Waals surface area contributed by atoms with Gasteiger partial charge in [0.1, 0.15) is 5.75 Å². The molecular formula is C26H34N2O5. The summed E-state index contributed by atoms with van der Waals surface area (Å²) < 4.78 is 23.0. The van der Waals surface area contributed by atoms with Crippen LogP contribution in [-0.4, -0.2) is 51.8 Å². The van der Waals surface area contributed by atoms with Gasteiger partial charge in [0.15, 0.2) is 11.5 Å². The molecule has 0 aromatic heterocycles. The summed E-state index contributed by atoms with van der Waals surface area (Å²) in [7, 11) is 4.61. The largest absolute Gasteiger partial charge is 0.492 e. The summed E-state index contributed by atoms with van der Waals surface area (Å²) in [6.07, 6.45) is 5.67. The first-order valence-corrected chi connectivity index (χ1v) is 11.7. The Labute approximate surface area is 195 Å². The maximum Gasteiger partial charge on any atom is 0.257 e. The summed E-state index contributed by atoms with van der Waals surface area (Å²) in [5.41, 5.74) is 7.20. The lowest BCUT2D eigenvalue weighted by Crippen LogP contribution is -2.45. The van der Waals surface area contributed by atoms with Gasteiger partial charge in [-0.05, 0) is 61.8 Å². The zero-order valence-electron chi connectivity index (χ0n) is 19.8. The Hall–Kier alpha value is -2.93. The number of likely N-dealkylation sites (tertiary alicyclic amines) is 1. The van der Waals surface area contributed by atoms with Crippen molar-refractivity contribution in [2.45, 2.75) is 32.1 Å². The molecule has 7 heteroatoms. The fourth-order valence-electron chi connectivity index (χ4n) is 5.20. The van der Waals surface area contributed by atoms with Crippen molar-refractivity contribution in [1.29, 1.82) is 0 Å². The first kappa shape index (κ1) is 23.2.